The largest absolute Gasteiger partial charge is 0.396 e. The predicted molar refractivity (Wildman–Crippen MR) is 67.7 cm³/mol. The predicted octanol–water partition coefficient (Wildman–Crippen LogP) is 1.87. The van der Waals surface area contributed by atoms with Crippen LogP contribution in [0.25, 0.3) is 5.69 Å². The summed E-state index contributed by atoms with van der Waals surface area (Å²) in [5.74, 6) is 0. The number of aliphatic hydroxyl groups is 1. The molecule has 0 amide bonds. The number of aromatic nitrogens is 2. The maximum absolute atomic E-state index is 9.05. The molecule has 0 radical (unpaired) electrons. The molecule has 18 heavy (non-hydrogen) atoms. The van der Waals surface area contributed by atoms with Crippen LogP contribution >= 0.6 is 0 Å². The van der Waals surface area contributed by atoms with E-state index in [2.05, 4.69) is 17.2 Å². The van der Waals surface area contributed by atoms with Crippen LogP contribution in [0, 0.1) is 0 Å². The maximum atomic E-state index is 9.05. The summed E-state index contributed by atoms with van der Waals surface area (Å²) in [6.07, 6.45) is 5.33. The molecule has 1 aromatic carbocycles. The van der Waals surface area contributed by atoms with Crippen molar-refractivity contribution in [3.63, 3.8) is 0 Å². The number of nitrogens with zero attached hydrogens (tertiary/aromatic N) is 2. The van der Waals surface area contributed by atoms with E-state index in [1.54, 1.807) is 6.20 Å². The Balaban J connectivity index is 1.95. The lowest BCUT2D eigenvalue weighted by Crippen LogP contribution is -2.17. The van der Waals surface area contributed by atoms with Crippen LogP contribution in [0.5, 0.6) is 0 Å². The lowest BCUT2D eigenvalue weighted by atomic mass is 9.95. The van der Waals surface area contributed by atoms with E-state index in [9.17, 15) is 0 Å². The van der Waals surface area contributed by atoms with E-state index in [1.165, 1.54) is 11.1 Å². The molecule has 1 aliphatic heterocycles. The molecule has 3 rings (SSSR count). The van der Waals surface area contributed by atoms with E-state index in [4.69, 9.17) is 9.84 Å². The Morgan fingerprint density at radius 3 is 3.17 bits per heavy atom. The molecule has 1 atom stereocenters. The number of benzene rings is 1. The average molecular weight is 244 g/mol. The highest BCUT2D eigenvalue weighted by Gasteiger charge is 2.20. The second-order valence-corrected chi connectivity index (χ2v) is 4.46. The fraction of sp³-hybridized carbons (Fsp3) is 0.357. The maximum Gasteiger partial charge on any atom is 0.0849 e. The van der Waals surface area contributed by atoms with Crippen molar-refractivity contribution in [3.05, 3.63) is 47.8 Å². The summed E-state index contributed by atoms with van der Waals surface area (Å²) in [4.78, 5) is 0. The van der Waals surface area contributed by atoms with E-state index in [0.29, 0.717) is 6.42 Å². The minimum atomic E-state index is 0.0328. The van der Waals surface area contributed by atoms with Crippen molar-refractivity contribution in [2.24, 2.45) is 0 Å². The van der Waals surface area contributed by atoms with E-state index in [-0.39, 0.29) is 12.7 Å². The SMILES string of the molecule is OCC[C@@H]1OCCc2cc(-n3cccn3)ccc21. The van der Waals surface area contributed by atoms with Crippen molar-refractivity contribution in [2.75, 3.05) is 13.2 Å². The van der Waals surface area contributed by atoms with Crippen molar-refractivity contribution >= 4 is 0 Å². The van der Waals surface area contributed by atoms with Gasteiger partial charge in [0.15, 0.2) is 0 Å². The van der Waals surface area contributed by atoms with Gasteiger partial charge in [0.25, 0.3) is 0 Å². The standard InChI is InChI=1S/C14H16N2O2/c17-8-4-14-13-3-2-12(16-7-1-6-15-16)10-11(13)5-9-18-14/h1-3,6-7,10,14,17H,4-5,8-9H2/t14-/m0/s1. The zero-order chi connectivity index (χ0) is 12.4. The molecule has 1 N–H and O–H groups in total. The monoisotopic (exact) mass is 244 g/mol. The van der Waals surface area contributed by atoms with Crippen molar-refractivity contribution in [3.8, 4) is 5.69 Å². The Hall–Kier alpha value is -1.65. The van der Waals surface area contributed by atoms with Gasteiger partial charge in [0.2, 0.25) is 0 Å². The van der Waals surface area contributed by atoms with Gasteiger partial charge in [0.05, 0.1) is 18.4 Å². The highest BCUT2D eigenvalue weighted by molar-refractivity contribution is 5.42. The molecule has 0 saturated heterocycles. The van der Waals surface area contributed by atoms with E-state index < -0.39 is 0 Å². The summed E-state index contributed by atoms with van der Waals surface area (Å²) >= 11 is 0. The van der Waals surface area contributed by atoms with Crippen LogP contribution in [0.4, 0.5) is 0 Å². The number of hydrogen-bond donors (Lipinski definition) is 1. The zero-order valence-corrected chi connectivity index (χ0v) is 10.1. The molecule has 0 spiro atoms. The number of rotatable bonds is 3. The highest BCUT2D eigenvalue weighted by atomic mass is 16.5. The lowest BCUT2D eigenvalue weighted by molar-refractivity contribution is 0.0254. The summed E-state index contributed by atoms with van der Waals surface area (Å²) in [7, 11) is 0. The summed E-state index contributed by atoms with van der Waals surface area (Å²) < 4.78 is 7.55. The fourth-order valence-electron chi connectivity index (χ4n) is 2.44. The van der Waals surface area contributed by atoms with Crippen LogP contribution in [-0.4, -0.2) is 28.1 Å². The van der Waals surface area contributed by atoms with Crippen LogP contribution in [0.1, 0.15) is 23.7 Å². The first kappa shape index (κ1) is 11.4. The Morgan fingerprint density at radius 1 is 1.44 bits per heavy atom. The second-order valence-electron chi connectivity index (χ2n) is 4.46. The molecule has 0 aliphatic carbocycles. The van der Waals surface area contributed by atoms with E-state index in [0.717, 1.165) is 18.7 Å². The summed E-state index contributed by atoms with van der Waals surface area (Å²) in [6, 6.07) is 8.21. The Labute approximate surface area is 106 Å². The van der Waals surface area contributed by atoms with Crippen molar-refractivity contribution < 1.29 is 9.84 Å². The van der Waals surface area contributed by atoms with Gasteiger partial charge in [-0.05, 0) is 35.7 Å². The van der Waals surface area contributed by atoms with Crippen molar-refractivity contribution in [2.45, 2.75) is 18.9 Å². The van der Waals surface area contributed by atoms with Gasteiger partial charge in [0, 0.05) is 25.4 Å². The molecule has 0 bridgehead atoms. The molecular formula is C14H16N2O2. The van der Waals surface area contributed by atoms with Crippen LogP contribution in [0.3, 0.4) is 0 Å². The third-order valence-corrected chi connectivity index (χ3v) is 3.32. The van der Waals surface area contributed by atoms with Gasteiger partial charge in [-0.2, -0.15) is 5.10 Å². The van der Waals surface area contributed by atoms with Gasteiger partial charge >= 0.3 is 0 Å². The highest BCUT2D eigenvalue weighted by Crippen LogP contribution is 2.30. The zero-order valence-electron chi connectivity index (χ0n) is 10.1. The quantitative estimate of drug-likeness (QED) is 0.896. The third-order valence-electron chi connectivity index (χ3n) is 3.32. The minimum absolute atomic E-state index is 0.0328. The molecule has 94 valence electrons. The van der Waals surface area contributed by atoms with E-state index in [1.807, 2.05) is 23.0 Å². The Kier molecular flexibility index (Phi) is 3.13. The average Bonchev–Trinajstić information content (AvgIpc) is 2.93. The summed E-state index contributed by atoms with van der Waals surface area (Å²) in [5.41, 5.74) is 3.57. The third kappa shape index (κ3) is 2.05. The number of fused-ring (bicyclic) bond motifs is 1. The molecule has 2 aromatic rings. The van der Waals surface area contributed by atoms with Gasteiger partial charge in [-0.1, -0.05) is 6.07 Å². The number of ether oxygens (including phenoxy) is 1. The van der Waals surface area contributed by atoms with Gasteiger partial charge in [-0.3, -0.25) is 0 Å². The number of aliphatic hydroxyl groups excluding tert-OH is 1. The molecule has 0 saturated carbocycles. The smallest absolute Gasteiger partial charge is 0.0849 e. The van der Waals surface area contributed by atoms with Crippen molar-refractivity contribution in [1.82, 2.24) is 9.78 Å². The van der Waals surface area contributed by atoms with E-state index >= 15 is 0 Å². The molecular weight excluding hydrogens is 228 g/mol. The van der Waals surface area contributed by atoms with Crippen LogP contribution in [-0.2, 0) is 11.2 Å². The fourth-order valence-corrected chi connectivity index (χ4v) is 2.44. The minimum Gasteiger partial charge on any atom is -0.396 e. The second kappa shape index (κ2) is 4.92. The Bertz CT molecular complexity index is 523. The Morgan fingerprint density at radius 2 is 2.39 bits per heavy atom. The first-order chi connectivity index (χ1) is 8.88. The van der Waals surface area contributed by atoms with Gasteiger partial charge in [-0.25, -0.2) is 4.68 Å². The van der Waals surface area contributed by atoms with Gasteiger partial charge in [-0.15, -0.1) is 0 Å². The molecule has 0 unspecified atom stereocenters. The molecule has 2 heterocycles. The lowest BCUT2D eigenvalue weighted by Gasteiger charge is -2.26. The van der Waals surface area contributed by atoms with Crippen LogP contribution < -0.4 is 0 Å². The van der Waals surface area contributed by atoms with Crippen LogP contribution in [0.15, 0.2) is 36.7 Å². The normalized spacial score (nSPS) is 18.6. The molecule has 0 fully saturated rings. The summed E-state index contributed by atoms with van der Waals surface area (Å²) in [6.45, 7) is 0.880. The first-order valence-electron chi connectivity index (χ1n) is 6.24. The summed E-state index contributed by atoms with van der Waals surface area (Å²) in [5, 5.41) is 13.3. The van der Waals surface area contributed by atoms with Crippen LogP contribution in [0.2, 0.25) is 0 Å². The molecule has 1 aliphatic rings. The first-order valence-corrected chi connectivity index (χ1v) is 6.24. The molecule has 4 nitrogen and oxygen atoms in total. The van der Waals surface area contributed by atoms with Gasteiger partial charge in [0.1, 0.15) is 0 Å². The number of hydrogen-bond acceptors (Lipinski definition) is 3. The molecule has 4 heteroatoms. The molecule has 1 aromatic heterocycles. The topological polar surface area (TPSA) is 47.3 Å². The van der Waals surface area contributed by atoms with Crippen molar-refractivity contribution in [1.29, 1.82) is 0 Å². The van der Waals surface area contributed by atoms with Gasteiger partial charge < -0.3 is 9.84 Å².